The maximum Gasteiger partial charge on any atom is 0.259 e. The molecule has 4 rings (SSSR count). The zero-order valence-electron chi connectivity index (χ0n) is 16.1. The molecule has 0 radical (unpaired) electrons. The van der Waals surface area contributed by atoms with Crippen molar-refractivity contribution in [2.75, 3.05) is 19.5 Å². The number of aryl methyl sites for hydroxylation is 3. The Morgan fingerprint density at radius 3 is 2.83 bits per heavy atom. The Kier molecular flexibility index (Phi) is 5.47. The number of thiophene rings is 1. The molecule has 0 unspecified atom stereocenters. The van der Waals surface area contributed by atoms with Gasteiger partial charge in [-0.3, -0.25) is 9.59 Å². The van der Waals surface area contributed by atoms with Gasteiger partial charge >= 0.3 is 0 Å². The van der Waals surface area contributed by atoms with E-state index in [1.165, 1.54) is 19.1 Å². The molecule has 0 saturated heterocycles. The minimum absolute atomic E-state index is 0.117. The number of amides is 1. The van der Waals surface area contributed by atoms with Gasteiger partial charge in [-0.1, -0.05) is 11.6 Å². The lowest BCUT2D eigenvalue weighted by Gasteiger charge is -2.13. The first-order valence-electron chi connectivity index (χ1n) is 9.25. The van der Waals surface area contributed by atoms with Crippen molar-refractivity contribution < 1.29 is 14.3 Å². The van der Waals surface area contributed by atoms with E-state index < -0.39 is 0 Å². The average Bonchev–Trinajstić information content (AvgIpc) is 3.27. The lowest BCUT2D eigenvalue weighted by atomic mass is 10.2. The smallest absolute Gasteiger partial charge is 0.259 e. The number of nitrogens with zero attached hydrogens (tertiary/aromatic N) is 1. The van der Waals surface area contributed by atoms with E-state index >= 15 is 0 Å². The molecule has 0 spiro atoms. The fourth-order valence-electron chi connectivity index (χ4n) is 3.57. The lowest BCUT2D eigenvalue weighted by Crippen LogP contribution is -2.16. The van der Waals surface area contributed by atoms with Gasteiger partial charge in [0.25, 0.3) is 5.56 Å². The Hall–Kier alpha value is -2.58. The molecule has 2 N–H and O–H groups in total. The fraction of sp³-hybridized carbons (Fsp3) is 0.350. The monoisotopic (exact) mass is 433 g/mol. The number of benzene rings is 1. The summed E-state index contributed by atoms with van der Waals surface area (Å²) < 4.78 is 10.4. The first-order chi connectivity index (χ1) is 14.0. The Morgan fingerprint density at radius 1 is 1.28 bits per heavy atom. The van der Waals surface area contributed by atoms with Gasteiger partial charge < -0.3 is 19.8 Å². The third kappa shape index (κ3) is 3.82. The summed E-state index contributed by atoms with van der Waals surface area (Å²) >= 11 is 7.73. The zero-order chi connectivity index (χ0) is 20.5. The molecule has 0 bridgehead atoms. The van der Waals surface area contributed by atoms with Crippen LogP contribution >= 0.6 is 22.9 Å². The van der Waals surface area contributed by atoms with E-state index in [2.05, 4.69) is 15.3 Å². The number of H-pyrrole nitrogens is 1. The van der Waals surface area contributed by atoms with Gasteiger partial charge in [0.2, 0.25) is 5.91 Å². The highest BCUT2D eigenvalue weighted by molar-refractivity contribution is 7.18. The molecule has 152 valence electrons. The topological polar surface area (TPSA) is 93.3 Å². The van der Waals surface area contributed by atoms with E-state index in [1.54, 1.807) is 23.5 Å². The van der Waals surface area contributed by atoms with Crippen molar-refractivity contribution in [1.29, 1.82) is 0 Å². The van der Waals surface area contributed by atoms with Crippen LogP contribution in [0, 0.1) is 0 Å². The number of hydrogen-bond acceptors (Lipinski definition) is 6. The van der Waals surface area contributed by atoms with Gasteiger partial charge in [-0.2, -0.15) is 0 Å². The van der Waals surface area contributed by atoms with Gasteiger partial charge in [-0.25, -0.2) is 4.98 Å². The van der Waals surface area contributed by atoms with Crippen LogP contribution < -0.4 is 20.3 Å². The van der Waals surface area contributed by atoms with Crippen LogP contribution in [0.25, 0.3) is 10.2 Å². The largest absolute Gasteiger partial charge is 0.495 e. The average molecular weight is 434 g/mol. The quantitative estimate of drug-likeness (QED) is 0.618. The molecule has 7 nitrogen and oxygen atoms in total. The minimum atomic E-state index is -0.235. The molecule has 3 aromatic rings. The molecule has 0 saturated carbocycles. The van der Waals surface area contributed by atoms with Crippen molar-refractivity contribution in [3.63, 3.8) is 0 Å². The summed E-state index contributed by atoms with van der Waals surface area (Å²) in [5.41, 5.74) is 1.48. The molecule has 1 amide bonds. The van der Waals surface area contributed by atoms with Gasteiger partial charge in [-0.15, -0.1) is 11.3 Å². The van der Waals surface area contributed by atoms with Crippen LogP contribution in [0.4, 0.5) is 5.69 Å². The zero-order valence-corrected chi connectivity index (χ0v) is 17.6. The van der Waals surface area contributed by atoms with E-state index in [-0.39, 0.29) is 17.9 Å². The second-order valence-electron chi connectivity index (χ2n) is 6.79. The SMILES string of the molecule is COc1cc(OC)c(NC(=O)CCc2nc3sc4c(c3c(=O)[nH]2)CCC4)cc1Cl. The Labute approximate surface area is 176 Å². The molecular formula is C20H20ClN3O4S. The maximum absolute atomic E-state index is 12.5. The van der Waals surface area contributed by atoms with E-state index in [9.17, 15) is 9.59 Å². The normalized spacial score (nSPS) is 12.8. The highest BCUT2D eigenvalue weighted by Gasteiger charge is 2.21. The van der Waals surface area contributed by atoms with Gasteiger partial charge in [0, 0.05) is 23.8 Å². The molecular weight excluding hydrogens is 414 g/mol. The Bertz CT molecular complexity index is 1150. The predicted octanol–water partition coefficient (Wildman–Crippen LogP) is 3.72. The van der Waals surface area contributed by atoms with Gasteiger partial charge in [-0.05, 0) is 30.9 Å². The first kappa shape index (κ1) is 19.7. The molecule has 9 heteroatoms. The molecule has 29 heavy (non-hydrogen) atoms. The van der Waals surface area contributed by atoms with Crippen LogP contribution in [-0.2, 0) is 24.1 Å². The molecule has 1 aliphatic carbocycles. The summed E-state index contributed by atoms with van der Waals surface area (Å²) in [5, 5.41) is 3.87. The van der Waals surface area contributed by atoms with Crippen LogP contribution in [0.3, 0.4) is 0 Å². The number of carbonyl (C=O) groups is 1. The van der Waals surface area contributed by atoms with E-state index in [0.29, 0.717) is 39.8 Å². The van der Waals surface area contributed by atoms with Crippen molar-refractivity contribution in [2.45, 2.75) is 32.1 Å². The summed E-state index contributed by atoms with van der Waals surface area (Å²) in [4.78, 5) is 34.4. The van der Waals surface area contributed by atoms with Crippen LogP contribution in [0.5, 0.6) is 11.5 Å². The summed E-state index contributed by atoms with van der Waals surface area (Å²) in [7, 11) is 3.01. The number of fused-ring (bicyclic) bond motifs is 3. The van der Waals surface area contributed by atoms with Crippen molar-refractivity contribution in [3.8, 4) is 11.5 Å². The van der Waals surface area contributed by atoms with Crippen LogP contribution in [0.15, 0.2) is 16.9 Å². The molecule has 2 heterocycles. The standard InChI is InChI=1S/C20H20ClN3O4S/c1-27-13-9-14(28-2)12(8-11(13)21)22-17(25)7-6-16-23-19(26)18-10-4-3-5-15(10)29-20(18)24-16/h8-9H,3-7H2,1-2H3,(H,22,25)(H,23,24,26). The Morgan fingerprint density at radius 2 is 2.07 bits per heavy atom. The van der Waals surface area contributed by atoms with Gasteiger partial charge in [0.15, 0.2) is 0 Å². The predicted molar refractivity (Wildman–Crippen MR) is 114 cm³/mol. The fourth-order valence-corrected chi connectivity index (χ4v) is 5.09. The third-order valence-electron chi connectivity index (χ3n) is 4.96. The van der Waals surface area contributed by atoms with E-state index in [0.717, 1.165) is 29.7 Å². The van der Waals surface area contributed by atoms with E-state index in [1.807, 2.05) is 0 Å². The third-order valence-corrected chi connectivity index (χ3v) is 6.44. The highest BCUT2D eigenvalue weighted by Crippen LogP contribution is 2.36. The Balaban J connectivity index is 1.48. The number of methoxy groups -OCH3 is 2. The van der Waals surface area contributed by atoms with Crippen molar-refractivity contribution in [3.05, 3.63) is 43.8 Å². The van der Waals surface area contributed by atoms with E-state index in [4.69, 9.17) is 21.1 Å². The number of nitrogens with one attached hydrogen (secondary N) is 2. The maximum atomic E-state index is 12.5. The van der Waals surface area contributed by atoms with Crippen LogP contribution in [-0.4, -0.2) is 30.1 Å². The number of rotatable bonds is 6. The number of aromatic nitrogens is 2. The molecule has 1 aromatic carbocycles. The lowest BCUT2D eigenvalue weighted by molar-refractivity contribution is -0.116. The van der Waals surface area contributed by atoms with Crippen molar-refractivity contribution in [1.82, 2.24) is 9.97 Å². The number of halogens is 1. The summed E-state index contributed by atoms with van der Waals surface area (Å²) in [6, 6.07) is 3.19. The number of aromatic amines is 1. The summed E-state index contributed by atoms with van der Waals surface area (Å²) in [6.45, 7) is 0. The molecule has 0 atom stereocenters. The van der Waals surface area contributed by atoms with Crippen LogP contribution in [0.2, 0.25) is 5.02 Å². The summed E-state index contributed by atoms with van der Waals surface area (Å²) in [6.07, 6.45) is 3.53. The second-order valence-corrected chi connectivity index (χ2v) is 8.28. The highest BCUT2D eigenvalue weighted by atomic mass is 35.5. The van der Waals surface area contributed by atoms with Gasteiger partial charge in [0.1, 0.15) is 22.2 Å². The molecule has 2 aromatic heterocycles. The number of ether oxygens (including phenoxy) is 2. The second kappa shape index (κ2) is 8.04. The minimum Gasteiger partial charge on any atom is -0.495 e. The summed E-state index contributed by atoms with van der Waals surface area (Å²) in [5.74, 6) is 1.18. The van der Waals surface area contributed by atoms with Crippen LogP contribution in [0.1, 0.15) is 29.1 Å². The number of carbonyl (C=O) groups excluding carboxylic acids is 1. The van der Waals surface area contributed by atoms with Gasteiger partial charge in [0.05, 0.1) is 30.3 Å². The molecule has 0 aliphatic heterocycles. The van der Waals surface area contributed by atoms with Crippen molar-refractivity contribution in [2.24, 2.45) is 0 Å². The first-order valence-corrected chi connectivity index (χ1v) is 10.4. The molecule has 0 fully saturated rings. The number of hydrogen-bond donors (Lipinski definition) is 2. The number of anilines is 1. The molecule has 1 aliphatic rings. The van der Waals surface area contributed by atoms with Crippen molar-refractivity contribution >= 4 is 44.7 Å².